The fraction of sp³-hybridized carbons (Fsp3) is 0.571. The molecule has 0 heterocycles. The largest absolute Gasteiger partial charge is 0.390 e. The average molecular weight is 273 g/mol. The maximum absolute atomic E-state index is 13.7. The van der Waals surface area contributed by atoms with Gasteiger partial charge in [0, 0.05) is 18.6 Å². The number of benzene rings is 1. The molecule has 0 radical (unpaired) electrons. The highest BCUT2D eigenvalue weighted by molar-refractivity contribution is 6.30. The summed E-state index contributed by atoms with van der Waals surface area (Å²) in [6.07, 6.45) is 3.35. The Morgan fingerprint density at radius 3 is 2.67 bits per heavy atom. The Hall–Kier alpha value is -0.640. The monoisotopic (exact) mass is 272 g/mol. The zero-order valence-corrected chi connectivity index (χ0v) is 11.2. The second kappa shape index (κ2) is 5.55. The number of aliphatic hydroxyl groups excluding tert-OH is 1. The smallest absolute Gasteiger partial charge is 0.127 e. The average Bonchev–Trinajstić information content (AvgIpc) is 2.82. The van der Waals surface area contributed by atoms with Crippen molar-refractivity contribution in [2.45, 2.75) is 43.8 Å². The number of methoxy groups -OCH3 is 1. The van der Waals surface area contributed by atoms with Gasteiger partial charge in [-0.3, -0.25) is 0 Å². The lowest BCUT2D eigenvalue weighted by atomic mass is 9.89. The van der Waals surface area contributed by atoms with Crippen LogP contribution in [0, 0.1) is 5.82 Å². The Kier molecular flexibility index (Phi) is 4.25. The van der Waals surface area contributed by atoms with Crippen LogP contribution in [0.5, 0.6) is 0 Å². The molecular weight excluding hydrogens is 255 g/mol. The lowest BCUT2D eigenvalue weighted by Gasteiger charge is -2.33. The summed E-state index contributed by atoms with van der Waals surface area (Å²) in [5.74, 6) is -0.370. The van der Waals surface area contributed by atoms with Crippen LogP contribution in [0.4, 0.5) is 4.39 Å². The van der Waals surface area contributed by atoms with Crippen molar-refractivity contribution in [3.05, 3.63) is 34.6 Å². The van der Waals surface area contributed by atoms with E-state index in [1.807, 2.05) is 0 Å². The van der Waals surface area contributed by atoms with Crippen molar-refractivity contribution >= 4 is 11.6 Å². The Labute approximate surface area is 112 Å². The van der Waals surface area contributed by atoms with Crippen molar-refractivity contribution in [1.29, 1.82) is 0 Å². The van der Waals surface area contributed by atoms with Gasteiger partial charge < -0.3 is 9.84 Å². The van der Waals surface area contributed by atoms with Gasteiger partial charge >= 0.3 is 0 Å². The molecule has 0 spiro atoms. The van der Waals surface area contributed by atoms with Crippen LogP contribution in [0.3, 0.4) is 0 Å². The van der Waals surface area contributed by atoms with Gasteiger partial charge in [0.1, 0.15) is 5.82 Å². The first-order valence-corrected chi connectivity index (χ1v) is 6.62. The van der Waals surface area contributed by atoms with Gasteiger partial charge in [-0.15, -0.1) is 0 Å². The highest BCUT2D eigenvalue weighted by Gasteiger charge is 2.40. The molecule has 1 saturated carbocycles. The Bertz CT molecular complexity index is 416. The summed E-state index contributed by atoms with van der Waals surface area (Å²) in [4.78, 5) is 0. The van der Waals surface area contributed by atoms with Crippen LogP contribution in [0.25, 0.3) is 0 Å². The van der Waals surface area contributed by atoms with Crippen molar-refractivity contribution in [3.8, 4) is 0 Å². The summed E-state index contributed by atoms with van der Waals surface area (Å²) in [6, 6.07) is 4.54. The molecule has 0 saturated heterocycles. The van der Waals surface area contributed by atoms with Crippen molar-refractivity contribution in [1.82, 2.24) is 0 Å². The van der Waals surface area contributed by atoms with Crippen molar-refractivity contribution in [2.24, 2.45) is 0 Å². The number of ether oxygens (including phenoxy) is 1. The molecule has 0 bridgehead atoms. The molecule has 100 valence electrons. The summed E-state index contributed by atoms with van der Waals surface area (Å²) >= 11 is 5.71. The molecule has 1 aromatic carbocycles. The van der Waals surface area contributed by atoms with Gasteiger partial charge in [0.25, 0.3) is 0 Å². The van der Waals surface area contributed by atoms with Crippen LogP contribution < -0.4 is 0 Å². The molecule has 1 aromatic rings. The number of hydrogen-bond donors (Lipinski definition) is 1. The molecule has 1 fully saturated rings. The summed E-state index contributed by atoms with van der Waals surface area (Å²) in [5, 5.41) is 10.7. The minimum atomic E-state index is -0.680. The van der Waals surface area contributed by atoms with E-state index in [0.29, 0.717) is 10.6 Å². The summed E-state index contributed by atoms with van der Waals surface area (Å²) in [7, 11) is 1.62. The zero-order valence-electron chi connectivity index (χ0n) is 10.5. The van der Waals surface area contributed by atoms with Gasteiger partial charge in [-0.2, -0.15) is 0 Å². The number of rotatable bonds is 4. The van der Waals surface area contributed by atoms with E-state index >= 15 is 0 Å². The molecule has 0 aromatic heterocycles. The Morgan fingerprint density at radius 2 is 2.11 bits per heavy atom. The lowest BCUT2D eigenvalue weighted by Crippen LogP contribution is -2.43. The fourth-order valence-corrected chi connectivity index (χ4v) is 2.89. The van der Waals surface area contributed by atoms with E-state index in [1.54, 1.807) is 19.2 Å². The molecule has 0 amide bonds. The predicted octanol–water partition coefficient (Wildman–Crippen LogP) is 3.34. The van der Waals surface area contributed by atoms with Crippen molar-refractivity contribution in [2.75, 3.05) is 7.11 Å². The van der Waals surface area contributed by atoms with Crippen LogP contribution in [0.1, 0.15) is 31.2 Å². The van der Waals surface area contributed by atoms with E-state index in [9.17, 15) is 9.50 Å². The third kappa shape index (κ3) is 2.68. The van der Waals surface area contributed by atoms with Crippen LogP contribution in [-0.2, 0) is 11.2 Å². The topological polar surface area (TPSA) is 29.5 Å². The minimum absolute atomic E-state index is 0.261. The SMILES string of the molecule is COC1(C(O)Cc2ccc(Cl)cc2F)CCCC1. The van der Waals surface area contributed by atoms with Gasteiger partial charge in [-0.1, -0.05) is 30.5 Å². The fourth-order valence-electron chi connectivity index (χ4n) is 2.73. The van der Waals surface area contributed by atoms with Gasteiger partial charge in [0.05, 0.1) is 11.7 Å². The van der Waals surface area contributed by atoms with Gasteiger partial charge in [0.15, 0.2) is 0 Å². The Balaban J connectivity index is 2.12. The lowest BCUT2D eigenvalue weighted by molar-refractivity contribution is -0.0973. The standard InChI is InChI=1S/C14H18ClFO2/c1-18-14(6-2-3-7-14)13(17)8-10-4-5-11(15)9-12(10)16/h4-5,9,13,17H,2-3,6-8H2,1H3. The molecule has 1 N–H and O–H groups in total. The van der Waals surface area contributed by atoms with E-state index in [2.05, 4.69) is 0 Å². The van der Waals surface area contributed by atoms with E-state index in [-0.39, 0.29) is 12.2 Å². The minimum Gasteiger partial charge on any atom is -0.390 e. The molecule has 0 aliphatic heterocycles. The van der Waals surface area contributed by atoms with Gasteiger partial charge in [-0.25, -0.2) is 4.39 Å². The normalized spacial score (nSPS) is 20.0. The first kappa shape index (κ1) is 13.8. The maximum Gasteiger partial charge on any atom is 0.127 e. The van der Waals surface area contributed by atoms with Crippen LogP contribution in [-0.4, -0.2) is 23.9 Å². The molecule has 18 heavy (non-hydrogen) atoms. The molecule has 4 heteroatoms. The quantitative estimate of drug-likeness (QED) is 0.911. The molecule has 1 aliphatic carbocycles. The van der Waals surface area contributed by atoms with Gasteiger partial charge in [-0.05, 0) is 30.5 Å². The molecular formula is C14H18ClFO2. The third-order valence-electron chi connectivity index (χ3n) is 3.89. The molecule has 1 unspecified atom stereocenters. The number of hydrogen-bond acceptors (Lipinski definition) is 2. The zero-order chi connectivity index (χ0) is 13.2. The van der Waals surface area contributed by atoms with Crippen molar-refractivity contribution in [3.63, 3.8) is 0 Å². The van der Waals surface area contributed by atoms with E-state index < -0.39 is 11.7 Å². The van der Waals surface area contributed by atoms with E-state index in [1.165, 1.54) is 6.07 Å². The van der Waals surface area contributed by atoms with Crippen LogP contribution >= 0.6 is 11.6 Å². The molecule has 2 nitrogen and oxygen atoms in total. The van der Waals surface area contributed by atoms with Crippen molar-refractivity contribution < 1.29 is 14.2 Å². The second-order valence-corrected chi connectivity index (χ2v) is 5.37. The molecule has 1 atom stereocenters. The van der Waals surface area contributed by atoms with E-state index in [4.69, 9.17) is 16.3 Å². The maximum atomic E-state index is 13.7. The summed E-state index contributed by atoms with van der Waals surface area (Å²) in [5.41, 5.74) is -0.0262. The summed E-state index contributed by atoms with van der Waals surface area (Å²) in [6.45, 7) is 0. The first-order valence-electron chi connectivity index (χ1n) is 6.24. The second-order valence-electron chi connectivity index (χ2n) is 4.93. The highest BCUT2D eigenvalue weighted by atomic mass is 35.5. The number of halogens is 2. The van der Waals surface area contributed by atoms with E-state index in [0.717, 1.165) is 25.7 Å². The molecule has 2 rings (SSSR count). The Morgan fingerprint density at radius 1 is 1.44 bits per heavy atom. The first-order chi connectivity index (χ1) is 8.57. The predicted molar refractivity (Wildman–Crippen MR) is 69.3 cm³/mol. The van der Waals surface area contributed by atoms with Gasteiger partial charge in [0.2, 0.25) is 0 Å². The molecule has 1 aliphatic rings. The van der Waals surface area contributed by atoms with Crippen LogP contribution in [0.15, 0.2) is 18.2 Å². The number of aliphatic hydroxyl groups is 1. The summed E-state index contributed by atoms with van der Waals surface area (Å²) < 4.78 is 19.2. The highest BCUT2D eigenvalue weighted by Crippen LogP contribution is 2.37. The third-order valence-corrected chi connectivity index (χ3v) is 4.13. The van der Waals surface area contributed by atoms with Crippen LogP contribution in [0.2, 0.25) is 5.02 Å².